The molecule has 1 heterocycles. The molecule has 1 atom stereocenters. The van der Waals surface area contributed by atoms with Gasteiger partial charge < -0.3 is 10.5 Å². The van der Waals surface area contributed by atoms with Crippen LogP contribution in [-0.4, -0.2) is 25.4 Å². The van der Waals surface area contributed by atoms with Crippen LogP contribution in [0.5, 0.6) is 0 Å². The zero-order valence-electron chi connectivity index (χ0n) is 7.90. The van der Waals surface area contributed by atoms with Crippen LogP contribution in [0.2, 0.25) is 0 Å². The normalized spacial score (nSPS) is 32.0. The molecule has 1 aliphatic heterocycles. The molecule has 3 heteroatoms. The second kappa shape index (κ2) is 3.30. The molecule has 2 N–H and O–H groups in total. The van der Waals surface area contributed by atoms with Crippen molar-refractivity contribution >= 4 is 0 Å². The molecule has 0 radical (unpaired) electrons. The molecule has 1 fully saturated rings. The van der Waals surface area contributed by atoms with E-state index < -0.39 is 11.1 Å². The Morgan fingerprint density at radius 2 is 2.25 bits per heavy atom. The third-order valence-corrected chi connectivity index (χ3v) is 2.92. The van der Waals surface area contributed by atoms with Gasteiger partial charge >= 0.3 is 0 Å². The van der Waals surface area contributed by atoms with Crippen LogP contribution in [0.1, 0.15) is 26.7 Å². The molecule has 0 aliphatic carbocycles. The van der Waals surface area contributed by atoms with Crippen molar-refractivity contribution in [2.75, 3.05) is 19.8 Å². The van der Waals surface area contributed by atoms with Gasteiger partial charge in [-0.05, 0) is 12.8 Å². The minimum Gasteiger partial charge on any atom is -0.378 e. The van der Waals surface area contributed by atoms with Crippen LogP contribution in [-0.2, 0) is 4.74 Å². The summed E-state index contributed by atoms with van der Waals surface area (Å²) >= 11 is 0. The van der Waals surface area contributed by atoms with E-state index in [-0.39, 0.29) is 6.61 Å². The first-order valence-corrected chi connectivity index (χ1v) is 4.49. The van der Waals surface area contributed by atoms with Crippen LogP contribution < -0.4 is 5.73 Å². The van der Waals surface area contributed by atoms with E-state index in [0.717, 1.165) is 6.42 Å². The maximum atomic E-state index is 14.1. The van der Waals surface area contributed by atoms with Crippen molar-refractivity contribution in [2.24, 2.45) is 11.1 Å². The first-order chi connectivity index (χ1) is 5.52. The minimum atomic E-state index is -1.22. The molecule has 12 heavy (non-hydrogen) atoms. The summed E-state index contributed by atoms with van der Waals surface area (Å²) in [5.74, 6) is 0. The fraction of sp³-hybridized carbons (Fsp3) is 1.00. The third-order valence-electron chi connectivity index (χ3n) is 2.92. The van der Waals surface area contributed by atoms with Gasteiger partial charge in [-0.1, -0.05) is 13.8 Å². The predicted octanol–water partition coefficient (Wildman–Crippen LogP) is 1.49. The lowest BCUT2D eigenvalue weighted by atomic mass is 9.73. The van der Waals surface area contributed by atoms with Crippen molar-refractivity contribution in [1.82, 2.24) is 0 Å². The number of nitrogens with two attached hydrogens (primary N) is 1. The molecule has 0 amide bonds. The fourth-order valence-corrected chi connectivity index (χ4v) is 1.48. The summed E-state index contributed by atoms with van der Waals surface area (Å²) in [6.45, 7) is 4.99. The summed E-state index contributed by atoms with van der Waals surface area (Å²) in [6, 6.07) is 0. The lowest BCUT2D eigenvalue weighted by Gasteiger charge is -2.41. The summed E-state index contributed by atoms with van der Waals surface area (Å²) in [4.78, 5) is 0. The second-order valence-electron chi connectivity index (χ2n) is 4.21. The van der Waals surface area contributed by atoms with E-state index in [2.05, 4.69) is 0 Å². The van der Waals surface area contributed by atoms with Gasteiger partial charge in [0.2, 0.25) is 0 Å². The van der Waals surface area contributed by atoms with Crippen LogP contribution in [0.3, 0.4) is 0 Å². The Morgan fingerprint density at radius 3 is 2.67 bits per heavy atom. The first kappa shape index (κ1) is 9.93. The van der Waals surface area contributed by atoms with Gasteiger partial charge in [-0.2, -0.15) is 0 Å². The van der Waals surface area contributed by atoms with Crippen molar-refractivity contribution in [3.63, 3.8) is 0 Å². The average Bonchev–Trinajstić information content (AvgIpc) is 2.06. The zero-order chi connectivity index (χ0) is 9.24. The van der Waals surface area contributed by atoms with Crippen molar-refractivity contribution in [1.29, 1.82) is 0 Å². The van der Waals surface area contributed by atoms with Gasteiger partial charge in [0, 0.05) is 18.6 Å². The number of rotatable bonds is 2. The van der Waals surface area contributed by atoms with Gasteiger partial charge in [-0.25, -0.2) is 4.39 Å². The Morgan fingerprint density at radius 1 is 1.58 bits per heavy atom. The Balaban J connectivity index is 2.68. The monoisotopic (exact) mass is 175 g/mol. The van der Waals surface area contributed by atoms with E-state index in [4.69, 9.17) is 10.5 Å². The molecule has 1 saturated heterocycles. The Hall–Kier alpha value is -0.150. The van der Waals surface area contributed by atoms with Crippen molar-refractivity contribution < 1.29 is 9.13 Å². The topological polar surface area (TPSA) is 35.2 Å². The molecule has 0 spiro atoms. The van der Waals surface area contributed by atoms with Crippen molar-refractivity contribution in [3.8, 4) is 0 Å². The predicted molar refractivity (Wildman–Crippen MR) is 46.7 cm³/mol. The Bertz CT molecular complexity index is 153. The van der Waals surface area contributed by atoms with Gasteiger partial charge in [0.05, 0.1) is 6.61 Å². The van der Waals surface area contributed by atoms with Crippen LogP contribution in [0.15, 0.2) is 0 Å². The molecule has 0 saturated carbocycles. The van der Waals surface area contributed by atoms with Crippen molar-refractivity contribution in [2.45, 2.75) is 32.4 Å². The van der Waals surface area contributed by atoms with E-state index >= 15 is 0 Å². The molecule has 0 aromatic heterocycles. The molecule has 1 unspecified atom stereocenters. The molecule has 1 aliphatic rings. The smallest absolute Gasteiger partial charge is 0.140 e. The van der Waals surface area contributed by atoms with Gasteiger partial charge in [-0.15, -0.1) is 0 Å². The van der Waals surface area contributed by atoms with Gasteiger partial charge in [0.1, 0.15) is 5.67 Å². The largest absolute Gasteiger partial charge is 0.378 e. The average molecular weight is 175 g/mol. The molecule has 1 rings (SSSR count). The molecular weight excluding hydrogens is 157 g/mol. The molecular formula is C9H18FNO. The van der Waals surface area contributed by atoms with Crippen LogP contribution in [0, 0.1) is 5.41 Å². The quantitative estimate of drug-likeness (QED) is 0.690. The highest BCUT2D eigenvalue weighted by atomic mass is 19.1. The van der Waals surface area contributed by atoms with E-state index in [9.17, 15) is 4.39 Å². The number of ether oxygens (including phenoxy) is 1. The molecule has 2 nitrogen and oxygen atoms in total. The summed E-state index contributed by atoms with van der Waals surface area (Å²) in [6.07, 6.45) is 1.39. The molecule has 0 aromatic rings. The molecule has 0 aromatic carbocycles. The summed E-state index contributed by atoms with van der Waals surface area (Å²) < 4.78 is 19.3. The van der Waals surface area contributed by atoms with Gasteiger partial charge in [-0.3, -0.25) is 0 Å². The van der Waals surface area contributed by atoms with Crippen LogP contribution in [0.4, 0.5) is 4.39 Å². The molecule has 0 bridgehead atoms. The Labute approximate surface area is 73.3 Å². The van der Waals surface area contributed by atoms with Crippen LogP contribution >= 0.6 is 0 Å². The number of alkyl halides is 1. The number of hydrogen-bond donors (Lipinski definition) is 1. The van der Waals surface area contributed by atoms with Crippen LogP contribution in [0.25, 0.3) is 0 Å². The lowest BCUT2D eigenvalue weighted by Crippen LogP contribution is -2.50. The highest BCUT2D eigenvalue weighted by molar-refractivity contribution is 4.95. The number of halogens is 1. The maximum Gasteiger partial charge on any atom is 0.140 e. The molecule has 72 valence electrons. The van der Waals surface area contributed by atoms with E-state index in [0.29, 0.717) is 19.6 Å². The maximum absolute atomic E-state index is 14.1. The summed E-state index contributed by atoms with van der Waals surface area (Å²) in [5, 5.41) is 0. The lowest BCUT2D eigenvalue weighted by molar-refractivity contribution is -0.0939. The minimum absolute atomic E-state index is 0.206. The van der Waals surface area contributed by atoms with E-state index in [1.807, 2.05) is 13.8 Å². The number of hydrogen-bond acceptors (Lipinski definition) is 2. The Kier molecular flexibility index (Phi) is 2.74. The van der Waals surface area contributed by atoms with Gasteiger partial charge in [0.25, 0.3) is 0 Å². The highest BCUT2D eigenvalue weighted by Crippen LogP contribution is 2.39. The second-order valence-corrected chi connectivity index (χ2v) is 4.21. The van der Waals surface area contributed by atoms with Gasteiger partial charge in [0.15, 0.2) is 0 Å². The van der Waals surface area contributed by atoms with E-state index in [1.54, 1.807) is 0 Å². The zero-order valence-corrected chi connectivity index (χ0v) is 7.90. The van der Waals surface area contributed by atoms with E-state index in [1.165, 1.54) is 0 Å². The summed E-state index contributed by atoms with van der Waals surface area (Å²) in [7, 11) is 0. The fourth-order valence-electron chi connectivity index (χ4n) is 1.48. The highest BCUT2D eigenvalue weighted by Gasteiger charge is 2.46. The third kappa shape index (κ3) is 1.62. The first-order valence-electron chi connectivity index (χ1n) is 4.49. The standard InChI is InChI=1S/C9H18FNO/c1-8(2,6-11)9(10)4-3-5-12-7-9/h3-7,11H2,1-2H3. The summed E-state index contributed by atoms with van der Waals surface area (Å²) in [5.41, 5.74) is 3.84. The van der Waals surface area contributed by atoms with Crippen molar-refractivity contribution in [3.05, 3.63) is 0 Å². The SMILES string of the molecule is CC(C)(CN)C1(F)CCCOC1.